The first-order valence-electron chi connectivity index (χ1n) is 8.24. The third kappa shape index (κ3) is 4.89. The van der Waals surface area contributed by atoms with Crippen LogP contribution in [0.15, 0.2) is 60.9 Å². The normalized spacial score (nSPS) is 10.3. The van der Waals surface area contributed by atoms with Gasteiger partial charge in [0.25, 0.3) is 5.91 Å². The Kier molecular flexibility index (Phi) is 5.78. The van der Waals surface area contributed by atoms with E-state index in [2.05, 4.69) is 20.6 Å². The average Bonchev–Trinajstić information content (AvgIpc) is 2.68. The predicted octanol–water partition coefficient (Wildman–Crippen LogP) is 4.01. The standard InChI is InChI=1S/C20H17ClN4O2/c1-13(26)14-6-8-17(9-7-14)25-20-23-11-16(12-24-20)19(27)22-10-15-4-2-3-5-18(15)21/h2-9,11-12H,10H2,1H3,(H,22,27)(H,23,24,25). The fourth-order valence-corrected chi connectivity index (χ4v) is 2.55. The Labute approximate surface area is 161 Å². The second-order valence-corrected chi connectivity index (χ2v) is 6.24. The molecule has 0 bridgehead atoms. The van der Waals surface area contributed by atoms with Crippen molar-refractivity contribution in [3.63, 3.8) is 0 Å². The molecular formula is C20H17ClN4O2. The van der Waals surface area contributed by atoms with E-state index in [1.165, 1.54) is 19.3 Å². The molecule has 1 aromatic heterocycles. The Morgan fingerprint density at radius 2 is 1.63 bits per heavy atom. The maximum absolute atomic E-state index is 12.2. The Bertz CT molecular complexity index is 956. The van der Waals surface area contributed by atoms with Gasteiger partial charge < -0.3 is 10.6 Å². The lowest BCUT2D eigenvalue weighted by atomic mass is 10.1. The summed E-state index contributed by atoms with van der Waals surface area (Å²) < 4.78 is 0. The number of anilines is 2. The number of halogens is 1. The van der Waals surface area contributed by atoms with E-state index in [0.29, 0.717) is 28.6 Å². The predicted molar refractivity (Wildman–Crippen MR) is 104 cm³/mol. The van der Waals surface area contributed by atoms with E-state index in [4.69, 9.17) is 11.6 Å². The van der Waals surface area contributed by atoms with Gasteiger partial charge in [-0.1, -0.05) is 29.8 Å². The third-order valence-electron chi connectivity index (χ3n) is 3.86. The zero-order chi connectivity index (χ0) is 19.2. The highest BCUT2D eigenvalue weighted by molar-refractivity contribution is 6.31. The zero-order valence-corrected chi connectivity index (χ0v) is 15.3. The van der Waals surface area contributed by atoms with E-state index >= 15 is 0 Å². The Morgan fingerprint density at radius 3 is 2.26 bits per heavy atom. The number of nitrogens with zero attached hydrogens (tertiary/aromatic N) is 2. The highest BCUT2D eigenvalue weighted by Crippen LogP contribution is 2.15. The van der Waals surface area contributed by atoms with Crippen molar-refractivity contribution in [2.24, 2.45) is 0 Å². The van der Waals surface area contributed by atoms with Crippen molar-refractivity contribution in [3.05, 3.63) is 82.6 Å². The molecule has 0 aliphatic rings. The molecule has 0 saturated heterocycles. The van der Waals surface area contributed by atoms with Crippen LogP contribution in [0.5, 0.6) is 0 Å². The van der Waals surface area contributed by atoms with Gasteiger partial charge in [0.2, 0.25) is 5.95 Å². The van der Waals surface area contributed by atoms with Crippen LogP contribution >= 0.6 is 11.6 Å². The van der Waals surface area contributed by atoms with Crippen molar-refractivity contribution in [3.8, 4) is 0 Å². The van der Waals surface area contributed by atoms with Gasteiger partial charge in [0.15, 0.2) is 5.78 Å². The number of ketones is 1. The third-order valence-corrected chi connectivity index (χ3v) is 4.23. The fourth-order valence-electron chi connectivity index (χ4n) is 2.35. The van der Waals surface area contributed by atoms with Crippen LogP contribution < -0.4 is 10.6 Å². The summed E-state index contributed by atoms with van der Waals surface area (Å²) in [5, 5.41) is 6.41. The second kappa shape index (κ2) is 8.42. The van der Waals surface area contributed by atoms with Crippen LogP contribution in [0.2, 0.25) is 5.02 Å². The molecule has 3 rings (SSSR count). The molecule has 2 aromatic carbocycles. The summed E-state index contributed by atoms with van der Waals surface area (Å²) in [5.74, 6) is 0.0745. The van der Waals surface area contributed by atoms with E-state index in [1.54, 1.807) is 30.3 Å². The first-order valence-corrected chi connectivity index (χ1v) is 8.62. The van der Waals surface area contributed by atoms with Crippen molar-refractivity contribution < 1.29 is 9.59 Å². The van der Waals surface area contributed by atoms with Gasteiger partial charge in [-0.25, -0.2) is 9.97 Å². The summed E-state index contributed by atoms with van der Waals surface area (Å²) in [5.41, 5.74) is 2.56. The number of Topliss-reactive ketones (excluding diaryl/α,β-unsaturated/α-hetero) is 1. The maximum Gasteiger partial charge on any atom is 0.254 e. The van der Waals surface area contributed by atoms with Gasteiger partial charge in [-0.3, -0.25) is 9.59 Å². The summed E-state index contributed by atoms with van der Waals surface area (Å²) >= 11 is 6.08. The molecule has 6 nitrogen and oxygen atoms in total. The number of rotatable bonds is 6. The van der Waals surface area contributed by atoms with Crippen LogP contribution in [0.4, 0.5) is 11.6 Å². The number of aromatic nitrogens is 2. The molecule has 0 spiro atoms. The SMILES string of the molecule is CC(=O)c1ccc(Nc2ncc(C(=O)NCc3ccccc3Cl)cn2)cc1. The lowest BCUT2D eigenvalue weighted by Gasteiger charge is -2.08. The molecule has 3 aromatic rings. The number of hydrogen-bond acceptors (Lipinski definition) is 5. The van der Waals surface area contributed by atoms with Crippen LogP contribution in [0.25, 0.3) is 0 Å². The molecular weight excluding hydrogens is 364 g/mol. The summed E-state index contributed by atoms with van der Waals surface area (Å²) in [6, 6.07) is 14.3. The number of hydrogen-bond donors (Lipinski definition) is 2. The van der Waals surface area contributed by atoms with Crippen molar-refractivity contribution >= 4 is 34.9 Å². The fraction of sp³-hybridized carbons (Fsp3) is 0.100. The number of nitrogens with one attached hydrogen (secondary N) is 2. The molecule has 7 heteroatoms. The van der Waals surface area contributed by atoms with Gasteiger partial charge in [0.1, 0.15) is 0 Å². The lowest BCUT2D eigenvalue weighted by Crippen LogP contribution is -2.23. The van der Waals surface area contributed by atoms with Crippen molar-refractivity contribution in [2.75, 3.05) is 5.32 Å². The molecule has 0 fully saturated rings. The summed E-state index contributed by atoms with van der Waals surface area (Å²) in [6.07, 6.45) is 2.89. The van der Waals surface area contributed by atoms with Crippen molar-refractivity contribution in [1.29, 1.82) is 0 Å². The van der Waals surface area contributed by atoms with Gasteiger partial charge in [-0.05, 0) is 42.8 Å². The lowest BCUT2D eigenvalue weighted by molar-refractivity contribution is 0.0949. The molecule has 0 aliphatic carbocycles. The second-order valence-electron chi connectivity index (χ2n) is 5.83. The smallest absolute Gasteiger partial charge is 0.254 e. The number of benzene rings is 2. The Balaban J connectivity index is 1.60. The summed E-state index contributed by atoms with van der Waals surface area (Å²) in [6.45, 7) is 1.84. The maximum atomic E-state index is 12.2. The molecule has 136 valence electrons. The molecule has 1 amide bonds. The molecule has 0 radical (unpaired) electrons. The first-order chi connectivity index (χ1) is 13.0. The van der Waals surface area contributed by atoms with E-state index in [9.17, 15) is 9.59 Å². The minimum Gasteiger partial charge on any atom is -0.348 e. The minimum absolute atomic E-state index is 0.00459. The summed E-state index contributed by atoms with van der Waals surface area (Å²) in [4.78, 5) is 31.8. The van der Waals surface area contributed by atoms with E-state index in [1.807, 2.05) is 18.2 Å². The Morgan fingerprint density at radius 1 is 0.963 bits per heavy atom. The molecule has 2 N–H and O–H groups in total. The van der Waals surface area contributed by atoms with Crippen molar-refractivity contribution in [2.45, 2.75) is 13.5 Å². The monoisotopic (exact) mass is 380 g/mol. The van der Waals surface area contributed by atoms with Crippen LogP contribution in [0.1, 0.15) is 33.2 Å². The van der Waals surface area contributed by atoms with Gasteiger partial charge >= 0.3 is 0 Å². The largest absolute Gasteiger partial charge is 0.348 e. The van der Waals surface area contributed by atoms with E-state index < -0.39 is 0 Å². The summed E-state index contributed by atoms with van der Waals surface area (Å²) in [7, 11) is 0. The van der Waals surface area contributed by atoms with Crippen LogP contribution in [-0.4, -0.2) is 21.7 Å². The first kappa shape index (κ1) is 18.5. The number of amides is 1. The van der Waals surface area contributed by atoms with Gasteiger partial charge in [-0.15, -0.1) is 0 Å². The highest BCUT2D eigenvalue weighted by Gasteiger charge is 2.08. The number of carbonyl (C=O) groups is 2. The average molecular weight is 381 g/mol. The van der Waals surface area contributed by atoms with Crippen LogP contribution in [0, 0.1) is 0 Å². The molecule has 0 aliphatic heterocycles. The molecule has 27 heavy (non-hydrogen) atoms. The van der Waals surface area contributed by atoms with Gasteiger partial charge in [-0.2, -0.15) is 0 Å². The topological polar surface area (TPSA) is 84.0 Å². The zero-order valence-electron chi connectivity index (χ0n) is 14.6. The minimum atomic E-state index is -0.285. The van der Waals surface area contributed by atoms with Crippen molar-refractivity contribution in [1.82, 2.24) is 15.3 Å². The molecule has 1 heterocycles. The quantitative estimate of drug-likeness (QED) is 0.631. The van der Waals surface area contributed by atoms with E-state index in [-0.39, 0.29) is 11.7 Å². The Hall–Kier alpha value is -3.25. The molecule has 0 atom stereocenters. The van der Waals surface area contributed by atoms with Gasteiger partial charge in [0.05, 0.1) is 5.56 Å². The number of carbonyl (C=O) groups excluding carboxylic acids is 2. The van der Waals surface area contributed by atoms with E-state index in [0.717, 1.165) is 11.3 Å². The van der Waals surface area contributed by atoms with Gasteiger partial charge in [0, 0.05) is 35.2 Å². The van der Waals surface area contributed by atoms with Crippen LogP contribution in [0.3, 0.4) is 0 Å². The molecule has 0 saturated carbocycles. The molecule has 0 unspecified atom stereocenters. The van der Waals surface area contributed by atoms with Crippen LogP contribution in [-0.2, 0) is 6.54 Å². The highest BCUT2D eigenvalue weighted by atomic mass is 35.5.